The molecule has 0 spiro atoms. The highest BCUT2D eigenvalue weighted by atomic mass is 16.4. The van der Waals surface area contributed by atoms with Gasteiger partial charge < -0.3 is 10.0 Å². The first-order valence-corrected chi connectivity index (χ1v) is 7.41. The van der Waals surface area contributed by atoms with Crippen molar-refractivity contribution >= 4 is 11.9 Å². The maximum atomic E-state index is 11.7. The van der Waals surface area contributed by atoms with Crippen LogP contribution in [-0.4, -0.2) is 40.0 Å². The zero-order valence-electron chi connectivity index (χ0n) is 12.4. The molecule has 0 saturated carbocycles. The fourth-order valence-corrected chi connectivity index (χ4v) is 3.07. The van der Waals surface area contributed by atoms with Crippen LogP contribution in [0.2, 0.25) is 0 Å². The maximum Gasteiger partial charge on any atom is 0.311 e. The van der Waals surface area contributed by atoms with Gasteiger partial charge in [0.05, 0.1) is 5.41 Å². The van der Waals surface area contributed by atoms with Gasteiger partial charge in [0.2, 0.25) is 5.91 Å². The highest BCUT2D eigenvalue weighted by Gasteiger charge is 2.42. The van der Waals surface area contributed by atoms with E-state index in [9.17, 15) is 14.7 Å². The van der Waals surface area contributed by atoms with E-state index in [0.717, 1.165) is 19.3 Å². The summed E-state index contributed by atoms with van der Waals surface area (Å²) in [7, 11) is 0. The quantitative estimate of drug-likeness (QED) is 0.901. The van der Waals surface area contributed by atoms with E-state index in [0.29, 0.717) is 25.9 Å². The lowest BCUT2D eigenvalue weighted by atomic mass is 9.75. The fraction of sp³-hybridized carbons (Fsp3) is 0.562. The van der Waals surface area contributed by atoms with Crippen molar-refractivity contribution in [1.29, 1.82) is 0 Å². The molecule has 5 heteroatoms. The van der Waals surface area contributed by atoms with Crippen LogP contribution in [0.1, 0.15) is 38.2 Å². The van der Waals surface area contributed by atoms with Crippen LogP contribution in [0.3, 0.4) is 0 Å². The number of aliphatic carboxylic acids is 1. The Hall–Kier alpha value is -1.91. The minimum Gasteiger partial charge on any atom is -0.481 e. The highest BCUT2D eigenvalue weighted by molar-refractivity contribution is 5.78. The molecule has 0 aliphatic carbocycles. The van der Waals surface area contributed by atoms with Gasteiger partial charge in [-0.2, -0.15) is 0 Å². The summed E-state index contributed by atoms with van der Waals surface area (Å²) in [5.41, 5.74) is 0.390. The second-order valence-electron chi connectivity index (χ2n) is 5.84. The lowest BCUT2D eigenvalue weighted by molar-refractivity contribution is -0.155. The number of hydrogen-bond donors (Lipinski definition) is 1. The van der Waals surface area contributed by atoms with E-state index < -0.39 is 11.4 Å². The Kier molecular flexibility index (Phi) is 4.94. The van der Waals surface area contributed by atoms with E-state index in [1.54, 1.807) is 17.3 Å². The first-order valence-electron chi connectivity index (χ1n) is 7.41. The van der Waals surface area contributed by atoms with Gasteiger partial charge in [-0.05, 0) is 49.8 Å². The van der Waals surface area contributed by atoms with Crippen molar-refractivity contribution in [3.05, 3.63) is 30.1 Å². The number of piperidine rings is 1. The number of amides is 1. The Labute approximate surface area is 125 Å². The van der Waals surface area contributed by atoms with Gasteiger partial charge in [0, 0.05) is 32.4 Å². The number of rotatable bonds is 5. The zero-order chi connectivity index (χ0) is 15.3. The largest absolute Gasteiger partial charge is 0.481 e. The minimum atomic E-state index is -0.781. The van der Waals surface area contributed by atoms with E-state index in [-0.39, 0.29) is 5.91 Å². The number of nitrogens with zero attached hydrogens (tertiary/aromatic N) is 2. The topological polar surface area (TPSA) is 70.5 Å². The predicted octanol–water partition coefficient (Wildman–Crippen LogP) is 2.12. The summed E-state index contributed by atoms with van der Waals surface area (Å²) in [5.74, 6) is -0.808. The molecule has 1 aromatic heterocycles. The Morgan fingerprint density at radius 2 is 2.10 bits per heavy atom. The molecule has 1 aliphatic rings. The number of likely N-dealkylation sites (tertiary alicyclic amines) is 1. The Morgan fingerprint density at radius 3 is 2.71 bits per heavy atom. The number of aromatic nitrogens is 1. The maximum absolute atomic E-state index is 11.7. The molecule has 0 unspecified atom stereocenters. The van der Waals surface area contributed by atoms with Gasteiger partial charge in [0.15, 0.2) is 0 Å². The van der Waals surface area contributed by atoms with Crippen LogP contribution >= 0.6 is 0 Å². The third-order valence-corrected chi connectivity index (χ3v) is 4.35. The van der Waals surface area contributed by atoms with Crippen molar-refractivity contribution in [3.8, 4) is 0 Å². The van der Waals surface area contributed by atoms with E-state index in [4.69, 9.17) is 0 Å². The minimum absolute atomic E-state index is 0.0329. The summed E-state index contributed by atoms with van der Waals surface area (Å²) in [6, 6.07) is 3.91. The van der Waals surface area contributed by atoms with E-state index in [1.165, 1.54) is 12.5 Å². The molecular formula is C16H22N2O3. The molecule has 1 N–H and O–H groups in total. The van der Waals surface area contributed by atoms with E-state index >= 15 is 0 Å². The molecule has 114 valence electrons. The van der Waals surface area contributed by atoms with Gasteiger partial charge in [-0.3, -0.25) is 14.6 Å². The molecule has 1 atom stereocenters. The molecule has 2 heterocycles. The summed E-state index contributed by atoms with van der Waals surface area (Å²) < 4.78 is 0. The van der Waals surface area contributed by atoms with Crippen LogP contribution in [-0.2, 0) is 16.0 Å². The van der Waals surface area contributed by atoms with Gasteiger partial charge in [-0.15, -0.1) is 0 Å². The molecule has 21 heavy (non-hydrogen) atoms. The molecule has 1 amide bonds. The summed E-state index contributed by atoms with van der Waals surface area (Å²) in [6.07, 6.45) is 7.18. The number of pyridine rings is 1. The van der Waals surface area contributed by atoms with Crippen LogP contribution in [0, 0.1) is 5.41 Å². The molecule has 1 aliphatic heterocycles. The van der Waals surface area contributed by atoms with Crippen molar-refractivity contribution < 1.29 is 14.7 Å². The summed E-state index contributed by atoms with van der Waals surface area (Å²) >= 11 is 0. The highest BCUT2D eigenvalue weighted by Crippen LogP contribution is 2.35. The molecule has 1 fully saturated rings. The molecule has 5 nitrogen and oxygen atoms in total. The normalized spacial score (nSPS) is 22.0. The Morgan fingerprint density at radius 1 is 1.38 bits per heavy atom. The standard InChI is InChI=1S/C16H22N2O3/c1-13(19)18-11-3-8-16(12-18,15(20)21)7-2-4-14-5-9-17-10-6-14/h5-6,9-10H,2-4,7-8,11-12H2,1H3,(H,20,21)/t16-/m0/s1. The third-order valence-electron chi connectivity index (χ3n) is 4.35. The summed E-state index contributed by atoms with van der Waals surface area (Å²) in [5, 5.41) is 9.64. The van der Waals surface area contributed by atoms with Crippen molar-refractivity contribution in [2.45, 2.75) is 39.0 Å². The zero-order valence-corrected chi connectivity index (χ0v) is 12.4. The summed E-state index contributed by atoms with van der Waals surface area (Å²) in [4.78, 5) is 28.9. The average molecular weight is 290 g/mol. The number of carboxylic acid groups (broad SMARTS) is 1. The van der Waals surface area contributed by atoms with Gasteiger partial charge in [0.25, 0.3) is 0 Å². The lowest BCUT2D eigenvalue weighted by Gasteiger charge is -2.39. The Bertz CT molecular complexity index is 504. The van der Waals surface area contributed by atoms with Crippen LogP contribution in [0.15, 0.2) is 24.5 Å². The molecule has 0 aromatic carbocycles. The number of carboxylic acids is 1. The fourth-order valence-electron chi connectivity index (χ4n) is 3.07. The smallest absolute Gasteiger partial charge is 0.311 e. The van der Waals surface area contributed by atoms with Gasteiger partial charge >= 0.3 is 5.97 Å². The molecule has 0 radical (unpaired) electrons. The average Bonchev–Trinajstić information content (AvgIpc) is 2.48. The number of hydrogen-bond acceptors (Lipinski definition) is 3. The lowest BCUT2D eigenvalue weighted by Crippen LogP contribution is -2.49. The summed E-state index contributed by atoms with van der Waals surface area (Å²) in [6.45, 7) is 2.53. The molecule has 1 saturated heterocycles. The predicted molar refractivity (Wildman–Crippen MR) is 78.7 cm³/mol. The van der Waals surface area contributed by atoms with Crippen LogP contribution in [0.25, 0.3) is 0 Å². The van der Waals surface area contributed by atoms with Gasteiger partial charge in [-0.25, -0.2) is 0 Å². The Balaban J connectivity index is 1.98. The molecule has 2 rings (SSSR count). The van der Waals surface area contributed by atoms with Crippen LogP contribution in [0.4, 0.5) is 0 Å². The van der Waals surface area contributed by atoms with Gasteiger partial charge in [-0.1, -0.05) is 0 Å². The van der Waals surface area contributed by atoms with Crippen molar-refractivity contribution in [2.75, 3.05) is 13.1 Å². The SMILES string of the molecule is CC(=O)N1CCC[C@](CCCc2ccncc2)(C(=O)O)C1. The second-order valence-corrected chi connectivity index (χ2v) is 5.84. The van der Waals surface area contributed by atoms with Crippen molar-refractivity contribution in [1.82, 2.24) is 9.88 Å². The monoisotopic (exact) mass is 290 g/mol. The van der Waals surface area contributed by atoms with Crippen molar-refractivity contribution in [2.24, 2.45) is 5.41 Å². The number of aryl methyl sites for hydroxylation is 1. The van der Waals surface area contributed by atoms with Crippen LogP contribution in [0.5, 0.6) is 0 Å². The number of carbonyl (C=O) groups excluding carboxylic acids is 1. The van der Waals surface area contributed by atoms with E-state index in [2.05, 4.69) is 4.98 Å². The third kappa shape index (κ3) is 3.80. The van der Waals surface area contributed by atoms with E-state index in [1.807, 2.05) is 12.1 Å². The molecule has 0 bridgehead atoms. The first kappa shape index (κ1) is 15.5. The van der Waals surface area contributed by atoms with Crippen molar-refractivity contribution in [3.63, 3.8) is 0 Å². The molecular weight excluding hydrogens is 268 g/mol. The van der Waals surface area contributed by atoms with Gasteiger partial charge in [0.1, 0.15) is 0 Å². The van der Waals surface area contributed by atoms with Crippen LogP contribution < -0.4 is 0 Å². The second kappa shape index (κ2) is 6.70. The first-order chi connectivity index (χ1) is 10.0. The molecule has 1 aromatic rings. The number of carbonyl (C=O) groups is 2.